The Kier molecular flexibility index (Phi) is 4.35. The van der Waals surface area contributed by atoms with Gasteiger partial charge in [0.15, 0.2) is 0 Å². The Bertz CT molecular complexity index is 795. The van der Waals surface area contributed by atoms with Crippen molar-refractivity contribution >= 4 is 37.5 Å². The van der Waals surface area contributed by atoms with Crippen LogP contribution in [-0.4, -0.2) is 54.9 Å². The van der Waals surface area contributed by atoms with Crippen molar-refractivity contribution in [3.63, 3.8) is 0 Å². The van der Waals surface area contributed by atoms with E-state index < -0.39 is 10.0 Å². The monoisotopic (exact) mass is 399 g/mol. The fraction of sp³-hybridized carbons (Fsp3) is 0.357. The molecule has 0 spiro atoms. The summed E-state index contributed by atoms with van der Waals surface area (Å²) in [5.74, 6) is 0.456. The van der Waals surface area contributed by atoms with Crippen LogP contribution in [-0.2, 0) is 10.0 Å². The Balaban J connectivity index is 1.72. The van der Waals surface area contributed by atoms with Crippen molar-refractivity contribution < 1.29 is 8.42 Å². The standard InChI is InChI=1S/C14H18BrN5O2S/c1-23(21,22)19-8-6-18(7-9-19)11-2-4-12(5-3-11)20-13(15)10-14(16)17-20/h2-5,10H,6-9H2,1H3,(H2,16,17). The second kappa shape index (κ2) is 6.14. The highest BCUT2D eigenvalue weighted by Crippen LogP contribution is 2.23. The number of sulfonamides is 1. The van der Waals surface area contributed by atoms with Crippen LogP contribution >= 0.6 is 15.9 Å². The van der Waals surface area contributed by atoms with Crippen molar-refractivity contribution in [3.05, 3.63) is 34.9 Å². The molecule has 1 saturated heterocycles. The van der Waals surface area contributed by atoms with Crippen LogP contribution in [0.15, 0.2) is 34.9 Å². The lowest BCUT2D eigenvalue weighted by Crippen LogP contribution is -2.48. The third kappa shape index (κ3) is 3.51. The largest absolute Gasteiger partial charge is 0.382 e. The van der Waals surface area contributed by atoms with Gasteiger partial charge >= 0.3 is 0 Å². The summed E-state index contributed by atoms with van der Waals surface area (Å²) >= 11 is 3.42. The Morgan fingerprint density at radius 3 is 2.13 bits per heavy atom. The van der Waals surface area contributed by atoms with Crippen LogP contribution in [0.1, 0.15) is 0 Å². The minimum atomic E-state index is -3.10. The molecule has 23 heavy (non-hydrogen) atoms. The SMILES string of the molecule is CS(=O)(=O)N1CCN(c2ccc(-n3nc(N)cc3Br)cc2)CC1. The molecule has 124 valence electrons. The topological polar surface area (TPSA) is 84.5 Å². The summed E-state index contributed by atoms with van der Waals surface area (Å²) in [4.78, 5) is 2.18. The van der Waals surface area contributed by atoms with Crippen molar-refractivity contribution in [2.75, 3.05) is 43.1 Å². The number of nitrogens with zero attached hydrogens (tertiary/aromatic N) is 4. The number of nitrogens with two attached hydrogens (primary N) is 1. The van der Waals surface area contributed by atoms with Gasteiger partial charge < -0.3 is 10.6 Å². The molecule has 7 nitrogen and oxygen atoms in total. The van der Waals surface area contributed by atoms with E-state index in [1.807, 2.05) is 24.3 Å². The molecule has 1 aliphatic rings. The Morgan fingerprint density at radius 2 is 1.65 bits per heavy atom. The molecular formula is C14H18BrN5O2S. The normalized spacial score (nSPS) is 16.7. The molecule has 1 aromatic heterocycles. The maximum Gasteiger partial charge on any atom is 0.211 e. The third-order valence-electron chi connectivity index (χ3n) is 3.85. The summed E-state index contributed by atoms with van der Waals surface area (Å²) < 4.78 is 27.1. The average molecular weight is 400 g/mol. The van der Waals surface area contributed by atoms with Crippen LogP contribution < -0.4 is 10.6 Å². The molecular weight excluding hydrogens is 382 g/mol. The number of hydrogen-bond donors (Lipinski definition) is 1. The van der Waals surface area contributed by atoms with Gasteiger partial charge in [0.05, 0.1) is 11.9 Å². The van der Waals surface area contributed by atoms with Gasteiger partial charge in [-0.3, -0.25) is 0 Å². The molecule has 9 heteroatoms. The van der Waals surface area contributed by atoms with Gasteiger partial charge in [0.25, 0.3) is 0 Å². The fourth-order valence-electron chi connectivity index (χ4n) is 2.64. The van der Waals surface area contributed by atoms with E-state index in [9.17, 15) is 8.42 Å². The molecule has 0 aliphatic carbocycles. The molecule has 0 bridgehead atoms. The number of nitrogen functional groups attached to an aromatic ring is 1. The summed E-state index contributed by atoms with van der Waals surface area (Å²) in [5.41, 5.74) is 7.66. The minimum absolute atomic E-state index is 0.456. The van der Waals surface area contributed by atoms with Gasteiger partial charge in [0, 0.05) is 37.9 Å². The first-order chi connectivity index (χ1) is 10.8. The van der Waals surface area contributed by atoms with Crippen molar-refractivity contribution in [2.45, 2.75) is 0 Å². The highest BCUT2D eigenvalue weighted by atomic mass is 79.9. The number of aromatic nitrogens is 2. The number of halogens is 1. The summed E-state index contributed by atoms with van der Waals surface area (Å²) in [5, 5.41) is 4.22. The molecule has 2 heterocycles. The van der Waals surface area contributed by atoms with Gasteiger partial charge in [-0.2, -0.15) is 4.31 Å². The van der Waals surface area contributed by atoms with Gasteiger partial charge in [0.2, 0.25) is 10.0 Å². The average Bonchev–Trinajstić information content (AvgIpc) is 2.85. The highest BCUT2D eigenvalue weighted by Gasteiger charge is 2.23. The molecule has 2 aromatic rings. The molecule has 1 aliphatic heterocycles. The summed E-state index contributed by atoms with van der Waals surface area (Å²) in [7, 11) is -3.10. The summed E-state index contributed by atoms with van der Waals surface area (Å²) in [6, 6.07) is 9.70. The van der Waals surface area contributed by atoms with Gasteiger partial charge in [-0.25, -0.2) is 13.1 Å². The smallest absolute Gasteiger partial charge is 0.211 e. The lowest BCUT2D eigenvalue weighted by atomic mass is 10.2. The van der Waals surface area contributed by atoms with Gasteiger partial charge in [-0.05, 0) is 40.2 Å². The second-order valence-electron chi connectivity index (χ2n) is 5.47. The number of anilines is 2. The maximum atomic E-state index is 11.5. The minimum Gasteiger partial charge on any atom is -0.382 e. The van der Waals surface area contributed by atoms with E-state index in [0.29, 0.717) is 32.0 Å². The predicted molar refractivity (Wildman–Crippen MR) is 94.3 cm³/mol. The summed E-state index contributed by atoms with van der Waals surface area (Å²) in [6.07, 6.45) is 1.26. The lowest BCUT2D eigenvalue weighted by molar-refractivity contribution is 0.388. The van der Waals surface area contributed by atoms with E-state index >= 15 is 0 Å². The molecule has 0 saturated carbocycles. The van der Waals surface area contributed by atoms with Crippen LogP contribution in [0.3, 0.4) is 0 Å². The quantitative estimate of drug-likeness (QED) is 0.840. The molecule has 2 N–H and O–H groups in total. The summed E-state index contributed by atoms with van der Waals surface area (Å²) in [6.45, 7) is 2.40. The Labute approximate surface area is 143 Å². The maximum absolute atomic E-state index is 11.5. The zero-order valence-electron chi connectivity index (χ0n) is 12.7. The first-order valence-corrected chi connectivity index (χ1v) is 9.80. The van der Waals surface area contributed by atoms with Crippen LogP contribution in [0, 0.1) is 0 Å². The van der Waals surface area contributed by atoms with Crippen molar-refractivity contribution in [1.82, 2.24) is 14.1 Å². The number of hydrogen-bond acceptors (Lipinski definition) is 5. The third-order valence-corrected chi connectivity index (χ3v) is 5.72. The lowest BCUT2D eigenvalue weighted by Gasteiger charge is -2.34. The van der Waals surface area contributed by atoms with E-state index in [-0.39, 0.29) is 0 Å². The van der Waals surface area contributed by atoms with Crippen LogP contribution in [0.2, 0.25) is 0 Å². The zero-order chi connectivity index (χ0) is 16.6. The van der Waals surface area contributed by atoms with Crippen LogP contribution in [0.25, 0.3) is 5.69 Å². The molecule has 0 atom stereocenters. The van der Waals surface area contributed by atoms with Crippen LogP contribution in [0.5, 0.6) is 0 Å². The Hall–Kier alpha value is -1.58. The van der Waals surface area contributed by atoms with Gasteiger partial charge in [-0.1, -0.05) is 0 Å². The van der Waals surface area contributed by atoms with Gasteiger partial charge in [-0.15, -0.1) is 5.10 Å². The van der Waals surface area contributed by atoms with Gasteiger partial charge in [0.1, 0.15) is 10.4 Å². The molecule has 1 aromatic carbocycles. The number of benzene rings is 1. The predicted octanol–water partition coefficient (Wildman–Crippen LogP) is 1.30. The molecule has 0 amide bonds. The van der Waals surface area contributed by atoms with E-state index in [1.165, 1.54) is 10.6 Å². The van der Waals surface area contributed by atoms with E-state index in [4.69, 9.17) is 5.73 Å². The fourth-order valence-corrected chi connectivity index (χ4v) is 3.98. The number of piperazine rings is 1. The first-order valence-electron chi connectivity index (χ1n) is 7.16. The van der Waals surface area contributed by atoms with Crippen molar-refractivity contribution in [2.24, 2.45) is 0 Å². The van der Waals surface area contributed by atoms with Crippen molar-refractivity contribution in [3.8, 4) is 5.69 Å². The van der Waals surface area contributed by atoms with Crippen molar-refractivity contribution in [1.29, 1.82) is 0 Å². The molecule has 0 radical (unpaired) electrons. The van der Waals surface area contributed by atoms with E-state index in [2.05, 4.69) is 25.9 Å². The first kappa shape index (κ1) is 16.3. The Morgan fingerprint density at radius 1 is 1.09 bits per heavy atom. The number of rotatable bonds is 3. The zero-order valence-corrected chi connectivity index (χ0v) is 15.1. The molecule has 3 rings (SSSR count). The van der Waals surface area contributed by atoms with E-state index in [1.54, 1.807) is 10.7 Å². The molecule has 0 unspecified atom stereocenters. The van der Waals surface area contributed by atoms with E-state index in [0.717, 1.165) is 16.0 Å². The second-order valence-corrected chi connectivity index (χ2v) is 8.26. The highest BCUT2D eigenvalue weighted by molar-refractivity contribution is 9.10. The van der Waals surface area contributed by atoms with Crippen LogP contribution in [0.4, 0.5) is 11.5 Å². The molecule has 1 fully saturated rings.